The number of ether oxygens (including phenoxy) is 1. The molecule has 1 saturated heterocycles. The molecule has 0 spiro atoms. The maximum Gasteiger partial charge on any atom is 0.239 e. The molecule has 4 nitrogen and oxygen atoms in total. The molecule has 0 saturated carbocycles. The van der Waals surface area contributed by atoms with Crippen LogP contribution >= 0.6 is 11.8 Å². The Kier molecular flexibility index (Phi) is 3.55. The number of carbonyl (C=O) groups is 1. The molecule has 1 fully saturated rings. The maximum atomic E-state index is 11.0. The SMILES string of the molecule is COCCN=C1NC(=O)C(C)S1. The van der Waals surface area contributed by atoms with E-state index in [0.29, 0.717) is 18.3 Å². The molecule has 5 heteroatoms. The number of amides is 1. The van der Waals surface area contributed by atoms with E-state index in [1.807, 2.05) is 6.92 Å². The highest BCUT2D eigenvalue weighted by Gasteiger charge is 2.25. The normalized spacial score (nSPS) is 26.3. The van der Waals surface area contributed by atoms with Gasteiger partial charge in [-0.05, 0) is 6.92 Å². The van der Waals surface area contributed by atoms with Crippen LogP contribution in [-0.4, -0.2) is 36.6 Å². The van der Waals surface area contributed by atoms with Crippen molar-refractivity contribution in [3.63, 3.8) is 0 Å². The van der Waals surface area contributed by atoms with Gasteiger partial charge in [0.25, 0.3) is 0 Å². The van der Waals surface area contributed by atoms with Crippen LogP contribution in [0.25, 0.3) is 0 Å². The van der Waals surface area contributed by atoms with Gasteiger partial charge in [-0.3, -0.25) is 9.79 Å². The lowest BCUT2D eigenvalue weighted by Gasteiger charge is -1.95. The van der Waals surface area contributed by atoms with E-state index >= 15 is 0 Å². The first-order valence-electron chi connectivity index (χ1n) is 3.75. The van der Waals surface area contributed by atoms with Crippen LogP contribution in [0.5, 0.6) is 0 Å². The number of rotatable bonds is 3. The van der Waals surface area contributed by atoms with Crippen LogP contribution in [0.1, 0.15) is 6.92 Å². The van der Waals surface area contributed by atoms with Gasteiger partial charge < -0.3 is 10.1 Å². The van der Waals surface area contributed by atoms with E-state index in [1.54, 1.807) is 7.11 Å². The Bertz CT molecular complexity index is 206. The fraction of sp³-hybridized carbons (Fsp3) is 0.714. The summed E-state index contributed by atoms with van der Waals surface area (Å²) in [6.07, 6.45) is 0. The maximum absolute atomic E-state index is 11.0. The third-order valence-corrected chi connectivity index (χ3v) is 2.46. The molecule has 1 aliphatic heterocycles. The summed E-state index contributed by atoms with van der Waals surface area (Å²) in [6, 6.07) is 0. The number of nitrogens with zero attached hydrogens (tertiary/aromatic N) is 1. The van der Waals surface area contributed by atoms with Gasteiger partial charge in [-0.1, -0.05) is 11.8 Å². The van der Waals surface area contributed by atoms with Gasteiger partial charge in [0.15, 0.2) is 5.17 Å². The lowest BCUT2D eigenvalue weighted by molar-refractivity contribution is -0.118. The van der Waals surface area contributed by atoms with Crippen LogP contribution in [0, 0.1) is 0 Å². The van der Waals surface area contributed by atoms with E-state index in [2.05, 4.69) is 10.3 Å². The summed E-state index contributed by atoms with van der Waals surface area (Å²) in [5.41, 5.74) is 0. The molecule has 0 aromatic carbocycles. The Balaban J connectivity index is 2.35. The van der Waals surface area contributed by atoms with Gasteiger partial charge in [-0.25, -0.2) is 0 Å². The molecule has 1 amide bonds. The summed E-state index contributed by atoms with van der Waals surface area (Å²) in [6.45, 7) is 3.05. The number of aliphatic imine (C=N–C) groups is 1. The van der Waals surface area contributed by atoms with Gasteiger partial charge in [0.05, 0.1) is 18.4 Å². The summed E-state index contributed by atoms with van der Waals surface area (Å²) in [7, 11) is 1.63. The molecule has 68 valence electrons. The second-order valence-corrected chi connectivity index (χ2v) is 3.76. The number of nitrogens with one attached hydrogen (secondary N) is 1. The largest absolute Gasteiger partial charge is 0.383 e. The quantitative estimate of drug-likeness (QED) is 0.645. The summed E-state index contributed by atoms with van der Waals surface area (Å²) < 4.78 is 4.83. The van der Waals surface area contributed by atoms with Gasteiger partial charge in [0.2, 0.25) is 5.91 Å². The highest BCUT2D eigenvalue weighted by atomic mass is 32.2. The second kappa shape index (κ2) is 4.47. The van der Waals surface area contributed by atoms with Crippen LogP contribution in [-0.2, 0) is 9.53 Å². The van der Waals surface area contributed by atoms with Crippen molar-refractivity contribution in [2.75, 3.05) is 20.3 Å². The number of carbonyl (C=O) groups excluding carboxylic acids is 1. The van der Waals surface area contributed by atoms with Crippen LogP contribution < -0.4 is 5.32 Å². The van der Waals surface area contributed by atoms with Gasteiger partial charge in [0, 0.05) is 7.11 Å². The van der Waals surface area contributed by atoms with Gasteiger partial charge in [0.1, 0.15) is 0 Å². The van der Waals surface area contributed by atoms with E-state index in [1.165, 1.54) is 11.8 Å². The van der Waals surface area contributed by atoms with Crippen molar-refractivity contribution in [3.8, 4) is 0 Å². The molecule has 1 aliphatic rings. The smallest absolute Gasteiger partial charge is 0.239 e. The predicted octanol–water partition coefficient (Wildman–Crippen LogP) is 0.240. The zero-order valence-electron chi connectivity index (χ0n) is 7.16. The van der Waals surface area contributed by atoms with Crippen molar-refractivity contribution in [1.29, 1.82) is 0 Å². The Morgan fingerprint density at radius 3 is 3.00 bits per heavy atom. The molecule has 0 aromatic heterocycles. The molecule has 1 atom stereocenters. The minimum absolute atomic E-state index is 0.00806. The third-order valence-electron chi connectivity index (χ3n) is 1.44. The Labute approximate surface area is 75.8 Å². The zero-order chi connectivity index (χ0) is 8.97. The first-order valence-corrected chi connectivity index (χ1v) is 4.63. The topological polar surface area (TPSA) is 50.7 Å². The van der Waals surface area contributed by atoms with Crippen molar-refractivity contribution in [2.45, 2.75) is 12.2 Å². The van der Waals surface area contributed by atoms with Crippen molar-refractivity contribution in [1.82, 2.24) is 5.32 Å². The number of hydrogen-bond donors (Lipinski definition) is 1. The molecule has 0 radical (unpaired) electrons. The minimum Gasteiger partial charge on any atom is -0.383 e. The number of hydrogen-bond acceptors (Lipinski definition) is 4. The molecule has 12 heavy (non-hydrogen) atoms. The van der Waals surface area contributed by atoms with Crippen LogP contribution in [0.2, 0.25) is 0 Å². The van der Waals surface area contributed by atoms with E-state index in [4.69, 9.17) is 4.74 Å². The molecule has 0 aliphatic carbocycles. The lowest BCUT2D eigenvalue weighted by atomic mass is 10.4. The monoisotopic (exact) mass is 188 g/mol. The van der Waals surface area contributed by atoms with Crippen molar-refractivity contribution in [2.24, 2.45) is 4.99 Å². The molecule has 0 bridgehead atoms. The first kappa shape index (κ1) is 9.54. The lowest BCUT2D eigenvalue weighted by Crippen LogP contribution is -2.23. The average molecular weight is 188 g/mol. The second-order valence-electron chi connectivity index (χ2n) is 2.43. The van der Waals surface area contributed by atoms with E-state index in [-0.39, 0.29) is 11.2 Å². The van der Waals surface area contributed by atoms with E-state index in [9.17, 15) is 4.79 Å². The number of methoxy groups -OCH3 is 1. The van der Waals surface area contributed by atoms with Crippen molar-refractivity contribution >= 4 is 22.8 Å². The zero-order valence-corrected chi connectivity index (χ0v) is 7.98. The van der Waals surface area contributed by atoms with Gasteiger partial charge >= 0.3 is 0 Å². The average Bonchev–Trinajstić information content (AvgIpc) is 2.32. The highest BCUT2D eigenvalue weighted by Crippen LogP contribution is 2.17. The number of thioether (sulfide) groups is 1. The fourth-order valence-electron chi connectivity index (χ4n) is 0.773. The van der Waals surface area contributed by atoms with Crippen LogP contribution in [0.15, 0.2) is 4.99 Å². The van der Waals surface area contributed by atoms with E-state index in [0.717, 1.165) is 0 Å². The summed E-state index contributed by atoms with van der Waals surface area (Å²) in [5.74, 6) is 0.0381. The van der Waals surface area contributed by atoms with Crippen LogP contribution in [0.4, 0.5) is 0 Å². The predicted molar refractivity (Wildman–Crippen MR) is 49.4 cm³/mol. The molecular weight excluding hydrogens is 176 g/mol. The fourth-order valence-corrected chi connectivity index (χ4v) is 1.60. The Hall–Kier alpha value is -0.550. The first-order chi connectivity index (χ1) is 5.74. The molecule has 1 rings (SSSR count). The number of amidine groups is 1. The van der Waals surface area contributed by atoms with E-state index < -0.39 is 0 Å². The molecule has 1 heterocycles. The van der Waals surface area contributed by atoms with Gasteiger partial charge in [-0.2, -0.15) is 0 Å². The summed E-state index contributed by atoms with van der Waals surface area (Å²) in [5, 5.41) is 3.39. The molecular formula is C7H12N2O2S. The Morgan fingerprint density at radius 1 is 1.75 bits per heavy atom. The Morgan fingerprint density at radius 2 is 2.50 bits per heavy atom. The minimum atomic E-state index is -0.00806. The van der Waals surface area contributed by atoms with Crippen molar-refractivity contribution < 1.29 is 9.53 Å². The summed E-state index contributed by atoms with van der Waals surface area (Å²) >= 11 is 1.46. The van der Waals surface area contributed by atoms with Crippen molar-refractivity contribution in [3.05, 3.63) is 0 Å². The molecule has 1 N–H and O–H groups in total. The standard InChI is InChI=1S/C7H12N2O2S/c1-5-6(10)9-7(12-5)8-3-4-11-2/h5H,3-4H2,1-2H3,(H,8,9,10). The third kappa shape index (κ3) is 2.49. The van der Waals surface area contributed by atoms with Gasteiger partial charge in [-0.15, -0.1) is 0 Å². The van der Waals surface area contributed by atoms with Crippen LogP contribution in [0.3, 0.4) is 0 Å². The molecule has 0 aromatic rings. The highest BCUT2D eigenvalue weighted by molar-refractivity contribution is 8.15. The molecule has 1 unspecified atom stereocenters. The summed E-state index contributed by atoms with van der Waals surface area (Å²) in [4.78, 5) is 15.1.